The smallest absolute Gasteiger partial charge is 0.251 e. The van der Waals surface area contributed by atoms with Gasteiger partial charge in [-0.15, -0.1) is 37.0 Å². The summed E-state index contributed by atoms with van der Waals surface area (Å²) in [6, 6.07) is 4.41. The van der Waals surface area contributed by atoms with Crippen LogP contribution in [0.4, 0.5) is 0 Å². The summed E-state index contributed by atoms with van der Waals surface area (Å²) in [7, 11) is 1.91. The normalized spacial score (nSPS) is 16.1. The van der Waals surface area contributed by atoms with E-state index in [2.05, 4.69) is 56.6 Å². The summed E-state index contributed by atoms with van der Waals surface area (Å²) in [4.78, 5) is 60.1. The molecule has 3 saturated carbocycles. The van der Waals surface area contributed by atoms with Crippen LogP contribution in [0.2, 0.25) is 0 Å². The van der Waals surface area contributed by atoms with E-state index >= 15 is 0 Å². The monoisotopic (exact) mass is 1340 g/mol. The van der Waals surface area contributed by atoms with Crippen molar-refractivity contribution in [2.75, 3.05) is 172 Å². The van der Waals surface area contributed by atoms with E-state index in [9.17, 15) is 24.0 Å². The van der Waals surface area contributed by atoms with Gasteiger partial charge in [0.15, 0.2) is 0 Å². The minimum atomic E-state index is -0.424. The van der Waals surface area contributed by atoms with Gasteiger partial charge < -0.3 is 79.1 Å². The number of hydrogen-bond acceptors (Lipinski definition) is 17. The third-order valence-electron chi connectivity index (χ3n) is 14.7. The van der Waals surface area contributed by atoms with Gasteiger partial charge in [0.1, 0.15) is 6.29 Å². The molecule has 21 heteroatoms. The van der Waals surface area contributed by atoms with Crippen molar-refractivity contribution in [1.29, 1.82) is 0 Å². The Labute approximate surface area is 575 Å². The first-order valence-electron chi connectivity index (χ1n) is 35.8. The number of nitrogens with one attached hydrogen (secondary N) is 6. The highest BCUT2D eigenvalue weighted by Gasteiger charge is 2.20. The Morgan fingerprint density at radius 2 is 0.726 bits per heavy atom. The summed E-state index contributed by atoms with van der Waals surface area (Å²) in [6.07, 6.45) is 37.6. The number of aliphatic hydroxyl groups is 1. The highest BCUT2D eigenvalue weighted by Crippen LogP contribution is 2.28. The van der Waals surface area contributed by atoms with Crippen LogP contribution in [0.25, 0.3) is 0 Å². The molecule has 1 aromatic carbocycles. The zero-order valence-electron chi connectivity index (χ0n) is 60.3. The summed E-state index contributed by atoms with van der Waals surface area (Å²) >= 11 is 0. The second kappa shape index (κ2) is 76.3. The summed E-state index contributed by atoms with van der Waals surface area (Å²) in [5, 5.41) is 25.7. The molecule has 3 fully saturated rings. The van der Waals surface area contributed by atoms with E-state index in [1.165, 1.54) is 76.0 Å². The predicted molar refractivity (Wildman–Crippen MR) is 381 cm³/mol. The van der Waals surface area contributed by atoms with Gasteiger partial charge >= 0.3 is 0 Å². The number of aldehydes is 1. The number of amides is 4. The van der Waals surface area contributed by atoms with Crippen LogP contribution in [0.1, 0.15) is 202 Å². The number of benzene rings is 1. The first-order valence-corrected chi connectivity index (χ1v) is 35.8. The molecule has 0 radical (unpaired) electrons. The van der Waals surface area contributed by atoms with Crippen LogP contribution in [0.3, 0.4) is 0 Å². The summed E-state index contributed by atoms with van der Waals surface area (Å²) < 4.78 is 49.6. The fraction of sp³-hybridized carbons (Fsp3) is 0.770. The van der Waals surface area contributed by atoms with Crippen molar-refractivity contribution >= 4 is 30.4 Å². The van der Waals surface area contributed by atoms with E-state index in [1.807, 2.05) is 48.6 Å². The average Bonchev–Trinajstić information content (AvgIpc) is 1.05. The van der Waals surface area contributed by atoms with Gasteiger partial charge in [-0.05, 0) is 147 Å². The van der Waals surface area contributed by atoms with Crippen LogP contribution in [-0.4, -0.2) is 207 Å². The van der Waals surface area contributed by atoms with Crippen molar-refractivity contribution in [3.8, 4) is 37.0 Å². The third-order valence-corrected chi connectivity index (χ3v) is 14.7. The van der Waals surface area contributed by atoms with Crippen LogP contribution in [-0.2, 0) is 52.2 Å². The van der Waals surface area contributed by atoms with Crippen molar-refractivity contribution in [3.05, 3.63) is 34.9 Å². The molecule has 4 amide bonds. The van der Waals surface area contributed by atoms with E-state index in [4.69, 9.17) is 67.0 Å². The summed E-state index contributed by atoms with van der Waals surface area (Å²) in [6.45, 7) is 25.8. The molecule has 7 N–H and O–H groups in total. The molecular weight excluding hydrogens is 1210 g/mol. The van der Waals surface area contributed by atoms with E-state index in [1.54, 1.807) is 0 Å². The molecule has 0 aromatic heterocycles. The molecular formula is C74H132N6O15. The predicted octanol–water partition coefficient (Wildman–Crippen LogP) is 9.22. The molecule has 3 aliphatic rings. The number of carbonyl (C=O) groups is 5. The molecule has 4 rings (SSSR count). The summed E-state index contributed by atoms with van der Waals surface area (Å²) in [5.74, 6) is 9.97. The lowest BCUT2D eigenvalue weighted by molar-refractivity contribution is -0.112. The molecule has 0 spiro atoms. The molecule has 3 aliphatic carbocycles. The molecule has 0 saturated heterocycles. The second-order valence-corrected chi connectivity index (χ2v) is 22.1. The van der Waals surface area contributed by atoms with Gasteiger partial charge in [0.05, 0.1) is 86.0 Å². The standard InChI is InChI=1S/C42H76N6O14.C9H12O.C9H14.C8H12.3C2H6/c1-43-8-2-14-54-20-26-60-29-23-57-17-5-11-46-40(51)37-32-38(41(52)47-12-6-18-58-24-30-61-27-21-55-15-3-9-44-35-49)34-39(33-37)42(53)48-13-7-19-59-25-31-62-28-22-56-16-4-10-45-36-50;1-2-8-3-5-9(7-10)6-4-8;1-3-9-6-4-8(2)5-7-9;1-2-8-6-4-3-5-7-8;3*1-2/h32-35,43,45,50H,2-31,36H2,1H3,(H,44,49)(H,46,51)(H,47,52)(H,48,53);1,7-9H,3-6H2;1,8-9H,4-7H2,2H3;1,8H,3-7H2;3*1-2H3. The molecule has 0 aliphatic heterocycles. The quantitative estimate of drug-likeness (QED) is 0.0139. The molecule has 0 unspecified atom stereocenters. The lowest BCUT2D eigenvalue weighted by Gasteiger charge is -2.21. The van der Waals surface area contributed by atoms with Crippen molar-refractivity contribution in [3.63, 3.8) is 0 Å². The van der Waals surface area contributed by atoms with E-state index in [0.29, 0.717) is 201 Å². The SMILES string of the molecule is C#CC1CCC(C)CC1.C#CC1CCC(C=O)CC1.C#CC1CCCCC1.CC.CC.CC.CNCCCOCCOCCOCCCNC(=O)c1cc(C(=O)NCCCOCCOCCOCCCNC=O)cc(C(=O)NCCCOCCOCCOCCCNCO)c1. The Bertz CT molecular complexity index is 2020. The van der Waals surface area contributed by atoms with E-state index in [0.717, 1.165) is 63.7 Å². The number of rotatable bonds is 48. The lowest BCUT2D eigenvalue weighted by atomic mass is 9.83. The Morgan fingerprint density at radius 3 is 1.02 bits per heavy atom. The van der Waals surface area contributed by atoms with Gasteiger partial charge in [-0.1, -0.05) is 67.7 Å². The Morgan fingerprint density at radius 1 is 0.432 bits per heavy atom. The Balaban J connectivity index is -0.00000205. The second-order valence-electron chi connectivity index (χ2n) is 22.1. The van der Waals surface area contributed by atoms with Crippen LogP contribution in [0.15, 0.2) is 18.2 Å². The van der Waals surface area contributed by atoms with Crippen LogP contribution >= 0.6 is 0 Å². The highest BCUT2D eigenvalue weighted by atomic mass is 16.6. The van der Waals surface area contributed by atoms with Gasteiger partial charge in [-0.2, -0.15) is 0 Å². The van der Waals surface area contributed by atoms with Crippen molar-refractivity contribution < 1.29 is 71.7 Å². The molecule has 95 heavy (non-hydrogen) atoms. The molecule has 1 aromatic rings. The van der Waals surface area contributed by atoms with Gasteiger partial charge in [-0.3, -0.25) is 24.5 Å². The Hall–Kier alpha value is -5.03. The fourth-order valence-electron chi connectivity index (χ4n) is 9.26. The highest BCUT2D eigenvalue weighted by molar-refractivity contribution is 6.04. The molecule has 0 heterocycles. The Kier molecular flexibility index (Phi) is 75.7. The number of hydrogen-bond donors (Lipinski definition) is 7. The maximum absolute atomic E-state index is 13.2. The number of ether oxygens (including phenoxy) is 9. The molecule has 0 bridgehead atoms. The van der Waals surface area contributed by atoms with Crippen molar-refractivity contribution in [1.82, 2.24) is 31.9 Å². The zero-order valence-corrected chi connectivity index (χ0v) is 60.3. The molecule has 0 atom stereocenters. The van der Waals surface area contributed by atoms with Gasteiger partial charge in [0, 0.05) is 106 Å². The van der Waals surface area contributed by atoms with Gasteiger partial charge in [0.2, 0.25) is 6.41 Å². The van der Waals surface area contributed by atoms with Gasteiger partial charge in [-0.25, -0.2) is 0 Å². The van der Waals surface area contributed by atoms with E-state index < -0.39 is 17.7 Å². The van der Waals surface area contributed by atoms with Crippen molar-refractivity contribution in [2.24, 2.45) is 29.6 Å². The summed E-state index contributed by atoms with van der Waals surface area (Å²) in [5.41, 5.74) is 0.541. The van der Waals surface area contributed by atoms with E-state index in [-0.39, 0.29) is 23.4 Å². The van der Waals surface area contributed by atoms with Gasteiger partial charge in [0.25, 0.3) is 17.7 Å². The maximum atomic E-state index is 13.2. The zero-order chi connectivity index (χ0) is 70.7. The van der Waals surface area contributed by atoms with Crippen LogP contribution < -0.4 is 31.9 Å². The van der Waals surface area contributed by atoms with Crippen molar-refractivity contribution in [2.45, 2.75) is 170 Å². The minimum Gasteiger partial charge on any atom is -0.381 e. The lowest BCUT2D eigenvalue weighted by Crippen LogP contribution is -2.30. The number of carbonyl (C=O) groups excluding carboxylic acids is 5. The average molecular weight is 1350 g/mol. The topological polar surface area (TPSA) is 261 Å². The first-order chi connectivity index (χ1) is 46.6. The van der Waals surface area contributed by atoms with Crippen LogP contribution in [0, 0.1) is 66.6 Å². The largest absolute Gasteiger partial charge is 0.381 e. The fourth-order valence-corrected chi connectivity index (χ4v) is 9.26. The number of terminal acetylenes is 3. The minimum absolute atomic E-state index is 0.0441. The third kappa shape index (κ3) is 61.1. The van der Waals surface area contributed by atoms with Crippen LogP contribution in [0.5, 0.6) is 0 Å². The molecule has 21 nitrogen and oxygen atoms in total. The first kappa shape index (κ1) is 94.2. The maximum Gasteiger partial charge on any atom is 0.251 e. The molecule has 548 valence electrons. The number of aliphatic hydroxyl groups excluding tert-OH is 1.